The van der Waals surface area contributed by atoms with Gasteiger partial charge in [-0.25, -0.2) is 8.42 Å². The maximum absolute atomic E-state index is 14.1. The summed E-state index contributed by atoms with van der Waals surface area (Å²) in [6.45, 7) is 6.91. The van der Waals surface area contributed by atoms with Gasteiger partial charge in [-0.05, 0) is 88.0 Å². The summed E-state index contributed by atoms with van der Waals surface area (Å²) >= 11 is 7.55. The van der Waals surface area contributed by atoms with Gasteiger partial charge in [0.15, 0.2) is 0 Å². The molecule has 220 valence electrons. The Morgan fingerprint density at radius 1 is 0.976 bits per heavy atom. The number of nitrogens with one attached hydrogen (secondary N) is 1. The number of halogens is 1. The van der Waals surface area contributed by atoms with Gasteiger partial charge in [0, 0.05) is 22.5 Å². The van der Waals surface area contributed by atoms with E-state index in [0.29, 0.717) is 17.4 Å². The lowest BCUT2D eigenvalue weighted by molar-refractivity contribution is -0.139. The summed E-state index contributed by atoms with van der Waals surface area (Å²) in [5, 5.41) is 3.38. The highest BCUT2D eigenvalue weighted by Gasteiger charge is 2.34. The van der Waals surface area contributed by atoms with Crippen LogP contribution in [-0.2, 0) is 26.2 Å². The fraction of sp³-hybridized carbons (Fsp3) is 0.333. The topological polar surface area (TPSA) is 96.0 Å². The van der Waals surface area contributed by atoms with Crippen LogP contribution in [-0.4, -0.2) is 56.6 Å². The first-order valence-electron chi connectivity index (χ1n) is 13.2. The van der Waals surface area contributed by atoms with Crippen molar-refractivity contribution in [1.82, 2.24) is 10.2 Å². The number of benzene rings is 3. The molecule has 41 heavy (non-hydrogen) atoms. The molecule has 0 aliphatic carbocycles. The van der Waals surface area contributed by atoms with E-state index in [0.717, 1.165) is 14.8 Å². The van der Waals surface area contributed by atoms with Gasteiger partial charge >= 0.3 is 0 Å². The largest absolute Gasteiger partial charge is 0.492 e. The van der Waals surface area contributed by atoms with Crippen LogP contribution in [0.5, 0.6) is 5.75 Å². The van der Waals surface area contributed by atoms with Crippen molar-refractivity contribution in [1.29, 1.82) is 0 Å². The van der Waals surface area contributed by atoms with Crippen LogP contribution in [0.3, 0.4) is 0 Å². The predicted molar refractivity (Wildman–Crippen MR) is 165 cm³/mol. The zero-order chi connectivity index (χ0) is 30.2. The van der Waals surface area contributed by atoms with Crippen molar-refractivity contribution in [3.8, 4) is 5.75 Å². The number of hydrogen-bond donors (Lipinski definition) is 1. The third-order valence-corrected chi connectivity index (χ3v) is 8.99. The van der Waals surface area contributed by atoms with Crippen molar-refractivity contribution in [2.45, 2.75) is 56.1 Å². The molecule has 0 bridgehead atoms. The molecule has 1 N–H and O–H groups in total. The monoisotopic (exact) mass is 617 g/mol. The van der Waals surface area contributed by atoms with Crippen LogP contribution >= 0.6 is 23.4 Å². The Bertz CT molecular complexity index is 1430. The normalized spacial score (nSPS) is 12.1. The number of ether oxygens (including phenoxy) is 1. The standard InChI is InChI=1S/C30H36ClN3O5S2/c1-6-39-28-10-8-7-9-27(28)34(41(37,38)26-17-15-25(40-5)16-18-26)20-29(35)33(22(4)30(36)32-21(2)3)19-23-11-13-24(31)14-12-23/h7-18,21-22H,6,19-20H2,1-5H3,(H,32,36)/t22-/m0/s1. The van der Waals surface area contributed by atoms with Crippen LogP contribution in [0.25, 0.3) is 0 Å². The zero-order valence-electron chi connectivity index (χ0n) is 23.8. The first-order valence-corrected chi connectivity index (χ1v) is 16.2. The number of sulfonamides is 1. The van der Waals surface area contributed by atoms with E-state index in [1.54, 1.807) is 74.5 Å². The van der Waals surface area contributed by atoms with Gasteiger partial charge in [0.2, 0.25) is 11.8 Å². The van der Waals surface area contributed by atoms with Gasteiger partial charge in [0.05, 0.1) is 17.2 Å². The molecule has 1 atom stereocenters. The number of hydrogen-bond acceptors (Lipinski definition) is 6. The zero-order valence-corrected chi connectivity index (χ0v) is 26.2. The van der Waals surface area contributed by atoms with Gasteiger partial charge in [0.25, 0.3) is 10.0 Å². The Morgan fingerprint density at radius 2 is 1.61 bits per heavy atom. The van der Waals surface area contributed by atoms with Gasteiger partial charge in [-0.1, -0.05) is 35.9 Å². The first kappa shape index (κ1) is 32.3. The molecular weight excluding hydrogens is 582 g/mol. The van der Waals surface area contributed by atoms with Crippen molar-refractivity contribution in [3.63, 3.8) is 0 Å². The van der Waals surface area contributed by atoms with E-state index >= 15 is 0 Å². The summed E-state index contributed by atoms with van der Waals surface area (Å²) in [6.07, 6.45) is 1.90. The van der Waals surface area contributed by atoms with Crippen LogP contribution in [0.15, 0.2) is 82.6 Å². The summed E-state index contributed by atoms with van der Waals surface area (Å²) in [6, 6.07) is 19.1. The fourth-order valence-electron chi connectivity index (χ4n) is 4.10. The van der Waals surface area contributed by atoms with E-state index < -0.39 is 28.5 Å². The number of amides is 2. The van der Waals surface area contributed by atoms with Crippen molar-refractivity contribution < 1.29 is 22.7 Å². The lowest BCUT2D eigenvalue weighted by Crippen LogP contribution is -2.52. The van der Waals surface area contributed by atoms with E-state index in [-0.39, 0.29) is 29.1 Å². The smallest absolute Gasteiger partial charge is 0.264 e. The highest BCUT2D eigenvalue weighted by Crippen LogP contribution is 2.33. The average molecular weight is 618 g/mol. The van der Waals surface area contributed by atoms with Crippen LogP contribution in [0.1, 0.15) is 33.3 Å². The molecule has 11 heteroatoms. The predicted octanol–water partition coefficient (Wildman–Crippen LogP) is 5.60. The van der Waals surface area contributed by atoms with Crippen LogP contribution in [0, 0.1) is 0 Å². The maximum Gasteiger partial charge on any atom is 0.264 e. The van der Waals surface area contributed by atoms with E-state index in [2.05, 4.69) is 5.32 Å². The first-order chi connectivity index (χ1) is 19.5. The minimum absolute atomic E-state index is 0.0317. The molecule has 0 fully saturated rings. The molecule has 0 saturated heterocycles. The van der Waals surface area contributed by atoms with Gasteiger partial charge < -0.3 is 15.0 Å². The molecule has 0 aliphatic rings. The Balaban J connectivity index is 2.08. The Kier molecular flexibility index (Phi) is 11.5. The summed E-state index contributed by atoms with van der Waals surface area (Å²) in [5.74, 6) is -0.581. The summed E-state index contributed by atoms with van der Waals surface area (Å²) in [5.41, 5.74) is 0.964. The van der Waals surface area contributed by atoms with E-state index in [4.69, 9.17) is 16.3 Å². The van der Waals surface area contributed by atoms with Crippen molar-refractivity contribution in [2.75, 3.05) is 23.7 Å². The van der Waals surface area contributed by atoms with Crippen molar-refractivity contribution >= 4 is 50.9 Å². The van der Waals surface area contributed by atoms with Crippen molar-refractivity contribution in [2.24, 2.45) is 0 Å². The second-order valence-corrected chi connectivity index (χ2v) is 12.8. The number of thioether (sulfide) groups is 1. The molecule has 3 aromatic rings. The number of anilines is 1. The highest BCUT2D eigenvalue weighted by molar-refractivity contribution is 7.98. The number of para-hydroxylation sites is 2. The molecule has 8 nitrogen and oxygen atoms in total. The number of carbonyl (C=O) groups excluding carboxylic acids is 2. The summed E-state index contributed by atoms with van der Waals surface area (Å²) in [7, 11) is -4.21. The van der Waals surface area contributed by atoms with Gasteiger partial charge in [-0.3, -0.25) is 13.9 Å². The minimum Gasteiger partial charge on any atom is -0.492 e. The second kappa shape index (κ2) is 14.6. The van der Waals surface area contributed by atoms with E-state index in [9.17, 15) is 18.0 Å². The van der Waals surface area contributed by atoms with Gasteiger partial charge in [0.1, 0.15) is 18.3 Å². The molecule has 0 unspecified atom stereocenters. The lowest BCUT2D eigenvalue weighted by Gasteiger charge is -2.32. The minimum atomic E-state index is -4.21. The summed E-state index contributed by atoms with van der Waals surface area (Å²) < 4.78 is 35.0. The summed E-state index contributed by atoms with van der Waals surface area (Å²) in [4.78, 5) is 29.4. The molecule has 2 amide bonds. The molecule has 0 saturated carbocycles. The van der Waals surface area contributed by atoms with E-state index in [1.165, 1.54) is 28.8 Å². The Morgan fingerprint density at radius 3 is 2.20 bits per heavy atom. The Labute approximate surface area is 252 Å². The van der Waals surface area contributed by atoms with Gasteiger partial charge in [-0.2, -0.15) is 0 Å². The SMILES string of the molecule is CCOc1ccccc1N(CC(=O)N(Cc1ccc(Cl)cc1)[C@@H](C)C(=O)NC(C)C)S(=O)(=O)c1ccc(SC)cc1. The second-order valence-electron chi connectivity index (χ2n) is 9.58. The van der Waals surface area contributed by atoms with E-state index in [1.807, 2.05) is 20.1 Å². The lowest BCUT2D eigenvalue weighted by atomic mass is 10.1. The average Bonchev–Trinajstić information content (AvgIpc) is 2.95. The molecule has 3 rings (SSSR count). The molecular formula is C30H36ClN3O5S2. The van der Waals surface area contributed by atoms with Crippen LogP contribution < -0.4 is 14.4 Å². The molecule has 0 aromatic heterocycles. The van der Waals surface area contributed by atoms with Crippen LogP contribution in [0.2, 0.25) is 5.02 Å². The number of nitrogens with zero attached hydrogens (tertiary/aromatic N) is 2. The fourth-order valence-corrected chi connectivity index (χ4v) is 6.06. The third-order valence-electron chi connectivity index (χ3n) is 6.22. The van der Waals surface area contributed by atoms with Crippen LogP contribution in [0.4, 0.5) is 5.69 Å². The maximum atomic E-state index is 14.1. The number of carbonyl (C=O) groups is 2. The quantitative estimate of drug-likeness (QED) is 0.251. The third kappa shape index (κ3) is 8.40. The van der Waals surface area contributed by atoms with Gasteiger partial charge in [-0.15, -0.1) is 11.8 Å². The van der Waals surface area contributed by atoms with Crippen molar-refractivity contribution in [3.05, 3.63) is 83.4 Å². The molecule has 0 radical (unpaired) electrons. The molecule has 3 aromatic carbocycles. The molecule has 0 heterocycles. The number of rotatable bonds is 13. The molecule has 0 spiro atoms. The molecule has 0 aliphatic heterocycles. The highest BCUT2D eigenvalue weighted by atomic mass is 35.5. The Hall–Kier alpha value is -3.21.